The lowest BCUT2D eigenvalue weighted by Gasteiger charge is -2.13. The third kappa shape index (κ3) is 2.07. The first kappa shape index (κ1) is 11.1. The lowest BCUT2D eigenvalue weighted by atomic mass is 9.93. The molecule has 16 heavy (non-hydrogen) atoms. The maximum atomic E-state index is 10.7. The fraction of sp³-hybridized carbons (Fsp3) is 0.500. The summed E-state index contributed by atoms with van der Waals surface area (Å²) in [6.45, 7) is 2.67. The van der Waals surface area contributed by atoms with Crippen molar-refractivity contribution in [3.05, 3.63) is 39.4 Å². The van der Waals surface area contributed by atoms with E-state index in [0.29, 0.717) is 6.54 Å². The van der Waals surface area contributed by atoms with E-state index in [1.54, 1.807) is 12.1 Å². The van der Waals surface area contributed by atoms with Gasteiger partial charge in [0.25, 0.3) is 5.69 Å². The second kappa shape index (κ2) is 3.87. The Bertz CT molecular complexity index is 425. The van der Waals surface area contributed by atoms with Gasteiger partial charge in [0.05, 0.1) is 4.92 Å². The maximum Gasteiger partial charge on any atom is 0.269 e. The second-order valence-electron chi connectivity index (χ2n) is 4.75. The molecule has 2 rings (SSSR count). The molecule has 1 aliphatic rings. The molecule has 0 unspecified atom stereocenters. The summed E-state index contributed by atoms with van der Waals surface area (Å²) in [5.41, 5.74) is 8.31. The number of nitro groups is 1. The van der Waals surface area contributed by atoms with Gasteiger partial charge < -0.3 is 5.73 Å². The Morgan fingerprint density at radius 3 is 2.69 bits per heavy atom. The zero-order valence-corrected chi connectivity index (χ0v) is 9.40. The van der Waals surface area contributed by atoms with Gasteiger partial charge in [-0.05, 0) is 49.3 Å². The van der Waals surface area contributed by atoms with Crippen molar-refractivity contribution < 1.29 is 4.92 Å². The van der Waals surface area contributed by atoms with Crippen molar-refractivity contribution in [1.82, 2.24) is 0 Å². The van der Waals surface area contributed by atoms with Crippen LogP contribution in [0.1, 0.15) is 24.0 Å². The fourth-order valence-corrected chi connectivity index (χ4v) is 2.00. The van der Waals surface area contributed by atoms with Crippen LogP contribution in [0, 0.1) is 22.5 Å². The summed E-state index contributed by atoms with van der Waals surface area (Å²) in [7, 11) is 0. The minimum Gasteiger partial charge on any atom is -0.330 e. The van der Waals surface area contributed by atoms with Gasteiger partial charge in [0.1, 0.15) is 0 Å². The first-order valence-corrected chi connectivity index (χ1v) is 5.50. The third-order valence-electron chi connectivity index (χ3n) is 3.50. The second-order valence-corrected chi connectivity index (χ2v) is 4.75. The van der Waals surface area contributed by atoms with Gasteiger partial charge in [-0.1, -0.05) is 6.07 Å². The van der Waals surface area contributed by atoms with E-state index in [1.165, 1.54) is 0 Å². The zero-order valence-electron chi connectivity index (χ0n) is 9.40. The van der Waals surface area contributed by atoms with Crippen LogP contribution in [0.5, 0.6) is 0 Å². The molecule has 0 radical (unpaired) electrons. The summed E-state index contributed by atoms with van der Waals surface area (Å²) in [6.07, 6.45) is 3.16. The van der Waals surface area contributed by atoms with Gasteiger partial charge in [0, 0.05) is 12.1 Å². The molecule has 0 amide bonds. The van der Waals surface area contributed by atoms with Gasteiger partial charge >= 0.3 is 0 Å². The molecule has 0 bridgehead atoms. The highest BCUT2D eigenvalue weighted by Gasteiger charge is 2.41. The van der Waals surface area contributed by atoms with Gasteiger partial charge in [-0.2, -0.15) is 0 Å². The SMILES string of the molecule is Cc1ccc([N+](=O)[O-])cc1CC1(CN)CC1. The number of hydrogen-bond acceptors (Lipinski definition) is 3. The Kier molecular flexibility index (Phi) is 2.68. The van der Waals surface area contributed by atoms with E-state index in [9.17, 15) is 10.1 Å². The topological polar surface area (TPSA) is 69.2 Å². The number of hydrogen-bond donors (Lipinski definition) is 1. The monoisotopic (exact) mass is 220 g/mol. The highest BCUT2D eigenvalue weighted by Crippen LogP contribution is 2.47. The quantitative estimate of drug-likeness (QED) is 0.624. The Labute approximate surface area is 94.6 Å². The first-order chi connectivity index (χ1) is 7.56. The molecule has 0 aromatic heterocycles. The number of rotatable bonds is 4. The van der Waals surface area contributed by atoms with E-state index in [1.807, 2.05) is 13.0 Å². The van der Waals surface area contributed by atoms with Crippen LogP contribution in [-0.2, 0) is 6.42 Å². The highest BCUT2D eigenvalue weighted by molar-refractivity contribution is 5.40. The molecule has 0 atom stereocenters. The third-order valence-corrected chi connectivity index (χ3v) is 3.50. The zero-order chi connectivity index (χ0) is 11.8. The largest absolute Gasteiger partial charge is 0.330 e. The van der Waals surface area contributed by atoms with Crippen LogP contribution < -0.4 is 5.73 Å². The minimum atomic E-state index is -0.342. The van der Waals surface area contributed by atoms with Gasteiger partial charge in [0.15, 0.2) is 0 Å². The summed E-state index contributed by atoms with van der Waals surface area (Å²) in [5.74, 6) is 0. The Morgan fingerprint density at radius 2 is 2.19 bits per heavy atom. The Hall–Kier alpha value is -1.42. The molecule has 4 heteroatoms. The molecule has 0 saturated heterocycles. The number of nitrogens with zero attached hydrogens (tertiary/aromatic N) is 1. The van der Waals surface area contributed by atoms with E-state index in [-0.39, 0.29) is 16.0 Å². The molecule has 2 N–H and O–H groups in total. The van der Waals surface area contributed by atoms with Gasteiger partial charge in [0.2, 0.25) is 0 Å². The average Bonchev–Trinajstić information content (AvgIpc) is 3.02. The van der Waals surface area contributed by atoms with E-state index < -0.39 is 0 Å². The molecule has 86 valence electrons. The van der Waals surface area contributed by atoms with Crippen LogP contribution in [0.3, 0.4) is 0 Å². The molecule has 1 aliphatic carbocycles. The predicted molar refractivity (Wildman–Crippen MR) is 62.3 cm³/mol. The van der Waals surface area contributed by atoms with Crippen LogP contribution in [0.4, 0.5) is 5.69 Å². The van der Waals surface area contributed by atoms with Crippen LogP contribution in [0.25, 0.3) is 0 Å². The minimum absolute atomic E-state index is 0.174. The number of benzene rings is 1. The molecule has 0 aliphatic heterocycles. The average molecular weight is 220 g/mol. The molecule has 1 aromatic rings. The summed E-state index contributed by atoms with van der Waals surface area (Å²) in [5, 5.41) is 10.7. The summed E-state index contributed by atoms with van der Waals surface area (Å²) in [4.78, 5) is 10.4. The van der Waals surface area contributed by atoms with Gasteiger partial charge in [-0.25, -0.2) is 0 Å². The maximum absolute atomic E-state index is 10.7. The Balaban J connectivity index is 2.25. The van der Waals surface area contributed by atoms with Crippen molar-refractivity contribution in [2.75, 3.05) is 6.54 Å². The lowest BCUT2D eigenvalue weighted by Crippen LogP contribution is -2.18. The molecule has 4 nitrogen and oxygen atoms in total. The standard InChI is InChI=1S/C12H16N2O2/c1-9-2-3-11(14(15)16)6-10(9)7-12(8-13)4-5-12/h2-3,6H,4-5,7-8,13H2,1H3. The molecular formula is C12H16N2O2. The summed E-state index contributed by atoms with van der Waals surface area (Å²) in [6, 6.07) is 5.06. The summed E-state index contributed by atoms with van der Waals surface area (Å²) >= 11 is 0. The Morgan fingerprint density at radius 1 is 1.50 bits per heavy atom. The predicted octanol–water partition coefficient (Wildman–Crippen LogP) is 2.18. The van der Waals surface area contributed by atoms with Crippen LogP contribution in [-0.4, -0.2) is 11.5 Å². The normalized spacial score (nSPS) is 17.1. The molecule has 1 saturated carbocycles. The number of nitrogens with two attached hydrogens (primary N) is 1. The lowest BCUT2D eigenvalue weighted by molar-refractivity contribution is -0.384. The molecule has 0 spiro atoms. The van der Waals surface area contributed by atoms with Crippen molar-refractivity contribution >= 4 is 5.69 Å². The van der Waals surface area contributed by atoms with Crippen molar-refractivity contribution in [3.8, 4) is 0 Å². The number of aryl methyl sites for hydroxylation is 1. The van der Waals surface area contributed by atoms with E-state index in [4.69, 9.17) is 5.73 Å². The molecular weight excluding hydrogens is 204 g/mol. The highest BCUT2D eigenvalue weighted by atomic mass is 16.6. The number of nitro benzene ring substituents is 1. The molecule has 0 heterocycles. The first-order valence-electron chi connectivity index (χ1n) is 5.50. The van der Waals surface area contributed by atoms with Crippen molar-refractivity contribution in [2.24, 2.45) is 11.1 Å². The van der Waals surface area contributed by atoms with Gasteiger partial charge in [-0.15, -0.1) is 0 Å². The van der Waals surface area contributed by atoms with Crippen LogP contribution in [0.15, 0.2) is 18.2 Å². The van der Waals surface area contributed by atoms with Crippen LogP contribution >= 0.6 is 0 Å². The number of non-ortho nitro benzene ring substituents is 1. The van der Waals surface area contributed by atoms with Crippen molar-refractivity contribution in [3.63, 3.8) is 0 Å². The smallest absolute Gasteiger partial charge is 0.269 e. The fourth-order valence-electron chi connectivity index (χ4n) is 2.00. The van der Waals surface area contributed by atoms with Gasteiger partial charge in [-0.3, -0.25) is 10.1 Å². The van der Waals surface area contributed by atoms with E-state index >= 15 is 0 Å². The van der Waals surface area contributed by atoms with Crippen LogP contribution in [0.2, 0.25) is 0 Å². The van der Waals surface area contributed by atoms with E-state index in [2.05, 4.69) is 0 Å². The molecule has 1 aromatic carbocycles. The molecule has 1 fully saturated rings. The van der Waals surface area contributed by atoms with Crippen molar-refractivity contribution in [2.45, 2.75) is 26.2 Å². The van der Waals surface area contributed by atoms with E-state index in [0.717, 1.165) is 30.4 Å². The summed E-state index contributed by atoms with van der Waals surface area (Å²) < 4.78 is 0. The van der Waals surface area contributed by atoms with Crippen molar-refractivity contribution in [1.29, 1.82) is 0 Å².